The Morgan fingerprint density at radius 3 is 2.32 bits per heavy atom. The van der Waals surface area contributed by atoms with E-state index < -0.39 is 0 Å². The van der Waals surface area contributed by atoms with Gasteiger partial charge in [-0.25, -0.2) is 4.39 Å². The third-order valence-corrected chi connectivity index (χ3v) is 9.01. The van der Waals surface area contributed by atoms with Crippen LogP contribution in [0.2, 0.25) is 5.02 Å². The van der Waals surface area contributed by atoms with Gasteiger partial charge in [0.2, 0.25) is 0 Å². The Kier molecular flexibility index (Phi) is 7.51. The smallest absolute Gasteiger partial charge is 0.174 e. The van der Waals surface area contributed by atoms with E-state index in [1.54, 1.807) is 0 Å². The summed E-state index contributed by atoms with van der Waals surface area (Å²) in [6, 6.07) is 20.7. The standard InChI is InChI=1S/C33H35ClFN5S/c1-20-15-21(2)19-38(18-20)30-13-12-26(17-28(30)34)40-32(31(37-33(40)41)29-7-5-6-14-36-29)27-16-22(3)39(23(27)4)25-10-8-24(35)9-11-25/h5-14,16-17,20-21,31-32H,15,18-19H2,1-4H3,(H,37,41)/t20-,21+,31-,32-/m0/s1. The molecule has 212 valence electrons. The number of pyridine rings is 1. The highest BCUT2D eigenvalue weighted by molar-refractivity contribution is 7.80. The van der Waals surface area contributed by atoms with Crippen LogP contribution in [0, 0.1) is 31.5 Å². The summed E-state index contributed by atoms with van der Waals surface area (Å²) in [4.78, 5) is 9.28. The summed E-state index contributed by atoms with van der Waals surface area (Å²) in [5, 5.41) is 4.91. The molecule has 4 atom stereocenters. The molecule has 2 aliphatic rings. The van der Waals surface area contributed by atoms with E-state index in [0.717, 1.165) is 57.8 Å². The van der Waals surface area contributed by atoms with Gasteiger partial charge in [0.05, 0.1) is 28.5 Å². The molecule has 5 nitrogen and oxygen atoms in total. The second-order valence-electron chi connectivity index (χ2n) is 11.6. The van der Waals surface area contributed by atoms with Crippen LogP contribution < -0.4 is 15.1 Å². The normalized spacial score (nSPS) is 22.7. The molecule has 2 aromatic heterocycles. The number of hydrogen-bond acceptors (Lipinski definition) is 3. The van der Waals surface area contributed by atoms with Crippen LogP contribution in [-0.4, -0.2) is 27.8 Å². The maximum absolute atomic E-state index is 13.7. The maximum Gasteiger partial charge on any atom is 0.174 e. The largest absolute Gasteiger partial charge is 0.370 e. The van der Waals surface area contributed by atoms with E-state index in [2.05, 4.69) is 65.6 Å². The number of aromatic nitrogens is 2. The first-order chi connectivity index (χ1) is 19.7. The summed E-state index contributed by atoms with van der Waals surface area (Å²) >= 11 is 13.0. The molecule has 0 unspecified atom stereocenters. The molecule has 0 saturated carbocycles. The SMILES string of the molecule is Cc1cc([C@H]2[C@H](c3ccccn3)NC(=S)N2c2ccc(N3C[C@H](C)C[C@H](C)C3)c(Cl)c2)c(C)n1-c1ccc(F)cc1. The number of piperidine rings is 1. The molecule has 0 radical (unpaired) electrons. The number of halogens is 2. The first-order valence-electron chi connectivity index (χ1n) is 14.2. The van der Waals surface area contributed by atoms with Crippen molar-refractivity contribution in [1.29, 1.82) is 0 Å². The third-order valence-electron chi connectivity index (χ3n) is 8.39. The Balaban J connectivity index is 1.44. The molecular formula is C33H35ClFN5S. The van der Waals surface area contributed by atoms with Gasteiger partial charge >= 0.3 is 0 Å². The molecule has 0 spiro atoms. The number of anilines is 2. The number of hydrogen-bond donors (Lipinski definition) is 1. The van der Waals surface area contributed by atoms with Crippen LogP contribution in [0.1, 0.15) is 55.0 Å². The van der Waals surface area contributed by atoms with Gasteiger partial charge in [0.15, 0.2) is 5.11 Å². The van der Waals surface area contributed by atoms with Gasteiger partial charge in [-0.3, -0.25) is 4.98 Å². The third kappa shape index (κ3) is 5.22. The van der Waals surface area contributed by atoms with E-state index in [1.807, 2.05) is 42.6 Å². The number of rotatable bonds is 5. The van der Waals surface area contributed by atoms with Crippen molar-refractivity contribution in [2.45, 2.75) is 46.2 Å². The molecule has 8 heteroatoms. The molecule has 1 N–H and O–H groups in total. The summed E-state index contributed by atoms with van der Waals surface area (Å²) in [5.41, 5.74) is 7.07. The molecular weight excluding hydrogens is 553 g/mol. The molecule has 0 bridgehead atoms. The molecule has 4 heterocycles. The van der Waals surface area contributed by atoms with Crippen LogP contribution in [0.15, 0.2) is 72.9 Å². The molecule has 6 rings (SSSR count). The Morgan fingerprint density at radius 2 is 1.66 bits per heavy atom. The van der Waals surface area contributed by atoms with Gasteiger partial charge in [-0.15, -0.1) is 0 Å². The van der Waals surface area contributed by atoms with Crippen LogP contribution in [0.5, 0.6) is 0 Å². The summed E-state index contributed by atoms with van der Waals surface area (Å²) in [6.07, 6.45) is 3.06. The van der Waals surface area contributed by atoms with Crippen molar-refractivity contribution in [3.8, 4) is 5.69 Å². The minimum Gasteiger partial charge on any atom is -0.370 e. The molecule has 0 aliphatic carbocycles. The monoisotopic (exact) mass is 587 g/mol. The minimum atomic E-state index is -0.253. The lowest BCUT2D eigenvalue weighted by molar-refractivity contribution is 0.357. The van der Waals surface area contributed by atoms with Gasteiger partial charge < -0.3 is 19.7 Å². The van der Waals surface area contributed by atoms with Gasteiger partial charge in [-0.2, -0.15) is 0 Å². The Hall–Kier alpha value is -3.42. The first-order valence-corrected chi connectivity index (χ1v) is 15.0. The molecule has 2 aromatic carbocycles. The Bertz CT molecular complexity index is 1560. The summed E-state index contributed by atoms with van der Waals surface area (Å²) < 4.78 is 15.9. The Morgan fingerprint density at radius 1 is 0.951 bits per heavy atom. The van der Waals surface area contributed by atoms with Crippen molar-refractivity contribution in [3.63, 3.8) is 0 Å². The lowest BCUT2D eigenvalue weighted by atomic mass is 9.91. The fourth-order valence-corrected chi connectivity index (χ4v) is 7.43. The number of thiocarbonyl (C=S) groups is 1. The molecule has 2 aliphatic heterocycles. The Labute approximate surface area is 252 Å². The molecule has 2 saturated heterocycles. The first kappa shape index (κ1) is 27.7. The van der Waals surface area contributed by atoms with E-state index in [9.17, 15) is 4.39 Å². The number of benzene rings is 2. The van der Waals surface area contributed by atoms with Gasteiger partial charge in [0.25, 0.3) is 0 Å². The van der Waals surface area contributed by atoms with E-state index in [-0.39, 0.29) is 17.9 Å². The second kappa shape index (κ2) is 11.1. The average molecular weight is 588 g/mol. The van der Waals surface area contributed by atoms with E-state index in [0.29, 0.717) is 16.9 Å². The molecule has 4 aromatic rings. The van der Waals surface area contributed by atoms with Crippen LogP contribution in [0.25, 0.3) is 5.69 Å². The molecule has 2 fully saturated rings. The molecule has 41 heavy (non-hydrogen) atoms. The van der Waals surface area contributed by atoms with E-state index in [4.69, 9.17) is 28.8 Å². The van der Waals surface area contributed by atoms with Crippen LogP contribution in [0.3, 0.4) is 0 Å². The van der Waals surface area contributed by atoms with Gasteiger partial charge in [-0.1, -0.05) is 31.5 Å². The highest BCUT2D eigenvalue weighted by atomic mass is 35.5. The predicted octanol–water partition coefficient (Wildman–Crippen LogP) is 7.94. The second-order valence-corrected chi connectivity index (χ2v) is 12.4. The summed E-state index contributed by atoms with van der Waals surface area (Å²) in [6.45, 7) is 10.8. The van der Waals surface area contributed by atoms with E-state index >= 15 is 0 Å². The number of nitrogens with one attached hydrogen (secondary N) is 1. The van der Waals surface area contributed by atoms with Crippen LogP contribution in [0.4, 0.5) is 15.8 Å². The van der Waals surface area contributed by atoms with Gasteiger partial charge in [-0.05, 0) is 111 Å². The summed E-state index contributed by atoms with van der Waals surface area (Å²) in [5.74, 6) is 1.01. The van der Waals surface area contributed by atoms with Crippen molar-refractivity contribution in [1.82, 2.24) is 14.9 Å². The zero-order valence-electron chi connectivity index (χ0n) is 23.8. The highest BCUT2D eigenvalue weighted by Crippen LogP contribution is 2.45. The lowest BCUT2D eigenvalue weighted by Gasteiger charge is -2.37. The fraction of sp³-hybridized carbons (Fsp3) is 0.333. The van der Waals surface area contributed by atoms with Crippen molar-refractivity contribution in [2.24, 2.45) is 11.8 Å². The minimum absolute atomic E-state index is 0.172. The van der Waals surface area contributed by atoms with E-state index in [1.165, 1.54) is 18.6 Å². The number of aryl methyl sites for hydroxylation is 1. The summed E-state index contributed by atoms with van der Waals surface area (Å²) in [7, 11) is 0. The fourth-order valence-electron chi connectivity index (χ4n) is 6.79. The van der Waals surface area contributed by atoms with Crippen LogP contribution >= 0.6 is 23.8 Å². The molecule has 0 amide bonds. The maximum atomic E-state index is 13.7. The number of nitrogens with zero attached hydrogens (tertiary/aromatic N) is 4. The zero-order valence-corrected chi connectivity index (χ0v) is 25.4. The quantitative estimate of drug-likeness (QED) is 0.240. The average Bonchev–Trinajstić information content (AvgIpc) is 3.44. The lowest BCUT2D eigenvalue weighted by Crippen LogP contribution is -2.38. The highest BCUT2D eigenvalue weighted by Gasteiger charge is 2.42. The van der Waals surface area contributed by atoms with Crippen LogP contribution in [-0.2, 0) is 0 Å². The van der Waals surface area contributed by atoms with Gasteiger partial charge in [0.1, 0.15) is 5.82 Å². The topological polar surface area (TPSA) is 36.3 Å². The zero-order chi connectivity index (χ0) is 28.8. The van der Waals surface area contributed by atoms with Crippen molar-refractivity contribution < 1.29 is 4.39 Å². The van der Waals surface area contributed by atoms with Crippen molar-refractivity contribution in [2.75, 3.05) is 22.9 Å². The van der Waals surface area contributed by atoms with Crippen molar-refractivity contribution >= 4 is 40.3 Å². The van der Waals surface area contributed by atoms with Gasteiger partial charge in [0, 0.05) is 42.0 Å². The van der Waals surface area contributed by atoms with Crippen molar-refractivity contribution in [3.05, 3.63) is 106 Å². The predicted molar refractivity (Wildman–Crippen MR) is 170 cm³/mol.